The number of aromatic nitrogens is 2. The fourth-order valence-corrected chi connectivity index (χ4v) is 4.00. The maximum atomic E-state index is 13.0. The summed E-state index contributed by atoms with van der Waals surface area (Å²) in [7, 11) is 0. The average Bonchev–Trinajstić information content (AvgIpc) is 2.67. The molecule has 0 saturated carbocycles. The smallest absolute Gasteiger partial charge is 0.262 e. The standard InChI is InChI=1S/C21H22ClN3O2S/c1-4-13(2)25-20(27)17-10-5-6-11-18(17)24-21(25)28-14(3)19(26)23-16-9-7-8-15(22)12-16/h5-14H,4H2,1-3H3,(H,23,26)/t13-,14+/m0/s1. The van der Waals surface area contributed by atoms with Crippen LogP contribution in [0, 0.1) is 0 Å². The number of nitrogens with one attached hydrogen (secondary N) is 1. The van der Waals surface area contributed by atoms with E-state index in [0.717, 1.165) is 6.42 Å². The molecule has 0 radical (unpaired) electrons. The molecule has 3 aromatic rings. The van der Waals surface area contributed by atoms with Crippen LogP contribution in [0.5, 0.6) is 0 Å². The van der Waals surface area contributed by atoms with E-state index in [1.54, 1.807) is 41.8 Å². The number of carbonyl (C=O) groups excluding carboxylic acids is 1. The van der Waals surface area contributed by atoms with E-state index in [1.165, 1.54) is 11.8 Å². The Morgan fingerprint density at radius 1 is 1.21 bits per heavy atom. The fraction of sp³-hybridized carbons (Fsp3) is 0.286. The molecule has 0 spiro atoms. The summed E-state index contributed by atoms with van der Waals surface area (Å²) in [5, 5.41) is 4.11. The molecule has 0 bridgehead atoms. The highest BCUT2D eigenvalue weighted by Gasteiger charge is 2.21. The summed E-state index contributed by atoms with van der Waals surface area (Å²) < 4.78 is 1.69. The summed E-state index contributed by atoms with van der Waals surface area (Å²) in [6.45, 7) is 5.81. The number of thioether (sulfide) groups is 1. The zero-order chi connectivity index (χ0) is 20.3. The molecule has 3 rings (SSSR count). The van der Waals surface area contributed by atoms with Gasteiger partial charge in [0.25, 0.3) is 5.56 Å². The van der Waals surface area contributed by atoms with E-state index >= 15 is 0 Å². The van der Waals surface area contributed by atoms with Crippen molar-refractivity contribution >= 4 is 45.9 Å². The monoisotopic (exact) mass is 415 g/mol. The first-order chi connectivity index (χ1) is 13.4. The van der Waals surface area contributed by atoms with E-state index in [0.29, 0.717) is 26.8 Å². The predicted molar refractivity (Wildman–Crippen MR) is 116 cm³/mol. The number of halogens is 1. The maximum Gasteiger partial charge on any atom is 0.262 e. The van der Waals surface area contributed by atoms with Crippen LogP contribution in [0.15, 0.2) is 58.5 Å². The Labute approximate surface area is 173 Å². The molecule has 7 heteroatoms. The SMILES string of the molecule is CC[C@H](C)n1c(S[C@H](C)C(=O)Nc2cccc(Cl)c2)nc2ccccc2c1=O. The van der Waals surface area contributed by atoms with Gasteiger partial charge in [-0.2, -0.15) is 0 Å². The Hall–Kier alpha value is -2.31. The van der Waals surface area contributed by atoms with Crippen molar-refractivity contribution in [3.8, 4) is 0 Å². The van der Waals surface area contributed by atoms with Crippen LogP contribution in [-0.2, 0) is 4.79 Å². The molecule has 28 heavy (non-hydrogen) atoms. The number of carbonyl (C=O) groups is 1. The van der Waals surface area contributed by atoms with Crippen LogP contribution in [-0.4, -0.2) is 20.7 Å². The van der Waals surface area contributed by atoms with Crippen LogP contribution in [0.1, 0.15) is 33.2 Å². The van der Waals surface area contributed by atoms with Gasteiger partial charge < -0.3 is 5.32 Å². The van der Waals surface area contributed by atoms with Gasteiger partial charge in [0.05, 0.1) is 16.2 Å². The van der Waals surface area contributed by atoms with Gasteiger partial charge in [-0.1, -0.05) is 48.5 Å². The molecular weight excluding hydrogens is 394 g/mol. The highest BCUT2D eigenvalue weighted by atomic mass is 35.5. The largest absolute Gasteiger partial charge is 0.325 e. The lowest BCUT2D eigenvalue weighted by molar-refractivity contribution is -0.115. The van der Waals surface area contributed by atoms with E-state index in [-0.39, 0.29) is 17.5 Å². The van der Waals surface area contributed by atoms with Gasteiger partial charge in [-0.3, -0.25) is 14.2 Å². The lowest BCUT2D eigenvalue weighted by Crippen LogP contribution is -2.28. The summed E-state index contributed by atoms with van der Waals surface area (Å²) in [4.78, 5) is 30.3. The second-order valence-electron chi connectivity index (χ2n) is 6.60. The number of hydrogen-bond donors (Lipinski definition) is 1. The van der Waals surface area contributed by atoms with Crippen LogP contribution in [0.3, 0.4) is 0 Å². The van der Waals surface area contributed by atoms with E-state index in [9.17, 15) is 9.59 Å². The Kier molecular flexibility index (Phi) is 6.42. The second-order valence-corrected chi connectivity index (χ2v) is 8.35. The lowest BCUT2D eigenvalue weighted by atomic mass is 10.2. The minimum Gasteiger partial charge on any atom is -0.325 e. The van der Waals surface area contributed by atoms with Gasteiger partial charge >= 0.3 is 0 Å². The molecule has 1 aromatic heterocycles. The summed E-state index contributed by atoms with van der Waals surface area (Å²) in [5.74, 6) is -0.176. The highest BCUT2D eigenvalue weighted by Crippen LogP contribution is 2.27. The first kappa shape index (κ1) is 20.4. The molecule has 1 amide bonds. The summed E-state index contributed by atoms with van der Waals surface area (Å²) in [5.41, 5.74) is 1.19. The van der Waals surface area contributed by atoms with E-state index in [2.05, 4.69) is 10.3 Å². The summed E-state index contributed by atoms with van der Waals surface area (Å²) in [6.07, 6.45) is 0.788. The molecular formula is C21H22ClN3O2S. The maximum absolute atomic E-state index is 13.0. The van der Waals surface area contributed by atoms with Crippen LogP contribution in [0.2, 0.25) is 5.02 Å². The number of nitrogens with zero attached hydrogens (tertiary/aromatic N) is 2. The second kappa shape index (κ2) is 8.80. The van der Waals surface area contributed by atoms with Crippen LogP contribution in [0.25, 0.3) is 10.9 Å². The molecule has 0 unspecified atom stereocenters. The molecule has 2 atom stereocenters. The van der Waals surface area contributed by atoms with Crippen molar-refractivity contribution in [2.75, 3.05) is 5.32 Å². The molecule has 1 N–H and O–H groups in total. The number of amides is 1. The van der Waals surface area contributed by atoms with Crippen molar-refractivity contribution in [1.82, 2.24) is 9.55 Å². The lowest BCUT2D eigenvalue weighted by Gasteiger charge is -2.20. The molecule has 0 aliphatic carbocycles. The molecule has 2 aromatic carbocycles. The third-order valence-electron chi connectivity index (χ3n) is 4.55. The van der Waals surface area contributed by atoms with Crippen molar-refractivity contribution < 1.29 is 4.79 Å². The van der Waals surface area contributed by atoms with Gasteiger partial charge in [0, 0.05) is 16.8 Å². The van der Waals surface area contributed by atoms with Crippen LogP contribution < -0.4 is 10.9 Å². The predicted octanol–water partition coefficient (Wildman–Crippen LogP) is 5.14. The third kappa shape index (κ3) is 4.39. The van der Waals surface area contributed by atoms with Crippen molar-refractivity contribution in [1.29, 1.82) is 0 Å². The quantitative estimate of drug-likeness (QED) is 0.447. The van der Waals surface area contributed by atoms with Gasteiger partial charge in [-0.15, -0.1) is 0 Å². The van der Waals surface area contributed by atoms with Gasteiger partial charge in [0.15, 0.2) is 5.16 Å². The van der Waals surface area contributed by atoms with Crippen LogP contribution in [0.4, 0.5) is 5.69 Å². The topological polar surface area (TPSA) is 64.0 Å². The van der Waals surface area contributed by atoms with Crippen molar-refractivity contribution in [2.24, 2.45) is 0 Å². The highest BCUT2D eigenvalue weighted by molar-refractivity contribution is 8.00. The van der Waals surface area contributed by atoms with Crippen molar-refractivity contribution in [3.63, 3.8) is 0 Å². The van der Waals surface area contributed by atoms with E-state index < -0.39 is 5.25 Å². The molecule has 0 saturated heterocycles. The zero-order valence-electron chi connectivity index (χ0n) is 16.0. The Balaban J connectivity index is 1.91. The Bertz CT molecular complexity index is 1070. The van der Waals surface area contributed by atoms with Gasteiger partial charge in [-0.25, -0.2) is 4.98 Å². The molecule has 1 heterocycles. The summed E-state index contributed by atoms with van der Waals surface area (Å²) >= 11 is 7.26. The minimum absolute atomic E-state index is 0.0182. The Morgan fingerprint density at radius 3 is 2.68 bits per heavy atom. The zero-order valence-corrected chi connectivity index (χ0v) is 17.6. The number of hydrogen-bond acceptors (Lipinski definition) is 4. The van der Waals surface area contributed by atoms with E-state index in [4.69, 9.17) is 11.6 Å². The molecule has 0 aliphatic rings. The van der Waals surface area contributed by atoms with Gasteiger partial charge in [0.2, 0.25) is 5.91 Å². The van der Waals surface area contributed by atoms with Crippen LogP contribution >= 0.6 is 23.4 Å². The fourth-order valence-electron chi connectivity index (χ4n) is 2.80. The minimum atomic E-state index is -0.442. The first-order valence-corrected chi connectivity index (χ1v) is 10.4. The van der Waals surface area contributed by atoms with Gasteiger partial charge in [-0.05, 0) is 50.6 Å². The van der Waals surface area contributed by atoms with E-state index in [1.807, 2.05) is 32.0 Å². The number of rotatable bonds is 6. The average molecular weight is 416 g/mol. The summed E-state index contributed by atoms with van der Waals surface area (Å²) in [6, 6.07) is 14.3. The van der Waals surface area contributed by atoms with Crippen molar-refractivity contribution in [3.05, 3.63) is 63.9 Å². The third-order valence-corrected chi connectivity index (χ3v) is 5.85. The normalized spacial score (nSPS) is 13.3. The Morgan fingerprint density at radius 2 is 1.96 bits per heavy atom. The van der Waals surface area contributed by atoms with Crippen molar-refractivity contribution in [2.45, 2.75) is 43.6 Å². The number of benzene rings is 2. The number of anilines is 1. The molecule has 5 nitrogen and oxygen atoms in total. The molecule has 0 fully saturated rings. The molecule has 0 aliphatic heterocycles. The number of para-hydroxylation sites is 1. The number of fused-ring (bicyclic) bond motifs is 1. The molecule has 146 valence electrons. The first-order valence-electron chi connectivity index (χ1n) is 9.15. The van der Waals surface area contributed by atoms with Gasteiger partial charge in [0.1, 0.15) is 0 Å².